The Bertz CT molecular complexity index is 737. The lowest BCUT2D eigenvalue weighted by atomic mass is 9.91. The number of hydrogen-bond donors (Lipinski definition) is 3. The lowest BCUT2D eigenvalue weighted by Crippen LogP contribution is -2.40. The minimum atomic E-state index is -3.01. The van der Waals surface area contributed by atoms with Crippen molar-refractivity contribution in [3.05, 3.63) is 29.8 Å². The molecular weight excluding hydrogens is 467 g/mol. The maximum atomic E-state index is 11.9. The van der Waals surface area contributed by atoms with Crippen molar-refractivity contribution in [2.75, 3.05) is 36.5 Å². The fraction of sp³-hybridized carbons (Fsp3) is 0.529. The molecule has 0 radical (unpaired) electrons. The Labute approximate surface area is 172 Å². The summed E-state index contributed by atoms with van der Waals surface area (Å²) < 4.78 is 23.1. The highest BCUT2D eigenvalue weighted by Gasteiger charge is 2.24. The van der Waals surface area contributed by atoms with Gasteiger partial charge in [-0.15, -0.1) is 24.0 Å². The van der Waals surface area contributed by atoms with Crippen LogP contribution in [0.3, 0.4) is 0 Å². The van der Waals surface area contributed by atoms with Crippen molar-refractivity contribution in [3.63, 3.8) is 0 Å². The molecule has 9 heteroatoms. The van der Waals surface area contributed by atoms with Crippen LogP contribution in [0.2, 0.25) is 0 Å². The number of halogens is 1. The molecule has 26 heavy (non-hydrogen) atoms. The summed E-state index contributed by atoms with van der Waals surface area (Å²) in [5.41, 5.74) is 1.92. The zero-order chi connectivity index (χ0) is 18.3. The number of carbonyl (C=O) groups is 1. The van der Waals surface area contributed by atoms with Crippen LogP contribution in [0.1, 0.15) is 31.7 Å². The van der Waals surface area contributed by atoms with Gasteiger partial charge in [-0.1, -0.05) is 25.1 Å². The normalized spacial score (nSPS) is 16.9. The summed E-state index contributed by atoms with van der Waals surface area (Å²) in [6.07, 6.45) is 0.393. The zero-order valence-electron chi connectivity index (χ0n) is 15.1. The number of anilines is 1. The van der Waals surface area contributed by atoms with E-state index in [0.29, 0.717) is 32.0 Å². The summed E-state index contributed by atoms with van der Waals surface area (Å²) in [7, 11) is -3.01. The molecule has 3 N–H and O–H groups in total. The Morgan fingerprint density at radius 1 is 1.27 bits per heavy atom. The van der Waals surface area contributed by atoms with Crippen molar-refractivity contribution >= 4 is 51.4 Å². The standard InChI is InChI=1S/C17H26N4O3S.HI/c1-3-18-17(19-9-10-25(23,24)4-2)20-12-13-11-16(22)21-15-8-6-5-7-14(13)15;/h5-8,13H,3-4,9-12H2,1-2H3,(H,21,22)(H2,18,19,20);1H. The third-order valence-electron chi connectivity index (χ3n) is 4.07. The van der Waals surface area contributed by atoms with Gasteiger partial charge in [0.25, 0.3) is 0 Å². The molecule has 1 heterocycles. The molecule has 1 atom stereocenters. The number of sulfone groups is 1. The first-order valence-corrected chi connectivity index (χ1v) is 10.4. The molecule has 0 spiro atoms. The summed E-state index contributed by atoms with van der Waals surface area (Å²) in [5.74, 6) is 0.779. The Morgan fingerprint density at radius 3 is 2.69 bits per heavy atom. The lowest BCUT2D eigenvalue weighted by molar-refractivity contribution is -0.116. The van der Waals surface area contributed by atoms with Crippen molar-refractivity contribution in [2.45, 2.75) is 26.2 Å². The van der Waals surface area contributed by atoms with E-state index in [4.69, 9.17) is 0 Å². The molecule has 1 aliphatic rings. The molecule has 0 saturated heterocycles. The average Bonchev–Trinajstić information content (AvgIpc) is 2.59. The Kier molecular flexibility index (Phi) is 9.34. The van der Waals surface area contributed by atoms with E-state index in [2.05, 4.69) is 20.9 Å². The van der Waals surface area contributed by atoms with E-state index in [1.807, 2.05) is 31.2 Å². The first kappa shape index (κ1) is 22.7. The van der Waals surface area contributed by atoms with Crippen LogP contribution in [0.15, 0.2) is 29.3 Å². The molecule has 0 saturated carbocycles. The van der Waals surface area contributed by atoms with Gasteiger partial charge in [0.1, 0.15) is 0 Å². The number of fused-ring (bicyclic) bond motifs is 1. The van der Waals surface area contributed by atoms with Gasteiger partial charge in [-0.25, -0.2) is 8.42 Å². The summed E-state index contributed by atoms with van der Waals surface area (Å²) in [4.78, 5) is 16.4. The van der Waals surface area contributed by atoms with E-state index in [9.17, 15) is 13.2 Å². The Hall–Kier alpha value is -1.36. The second-order valence-electron chi connectivity index (χ2n) is 5.92. The van der Waals surface area contributed by atoms with Crippen molar-refractivity contribution in [1.82, 2.24) is 10.6 Å². The molecule has 2 rings (SSSR count). The van der Waals surface area contributed by atoms with Gasteiger partial charge >= 0.3 is 0 Å². The minimum Gasteiger partial charge on any atom is -0.357 e. The van der Waals surface area contributed by atoms with Crippen LogP contribution in [0.5, 0.6) is 0 Å². The summed E-state index contributed by atoms with van der Waals surface area (Å²) >= 11 is 0. The Balaban J connectivity index is 0.00000338. The molecular formula is C17H27IN4O3S. The zero-order valence-corrected chi connectivity index (χ0v) is 18.3. The van der Waals surface area contributed by atoms with Crippen molar-refractivity contribution in [3.8, 4) is 0 Å². The van der Waals surface area contributed by atoms with Gasteiger partial charge < -0.3 is 16.0 Å². The average molecular weight is 494 g/mol. The van der Waals surface area contributed by atoms with Crippen LogP contribution in [-0.4, -0.2) is 51.4 Å². The van der Waals surface area contributed by atoms with E-state index in [-0.39, 0.29) is 47.3 Å². The largest absolute Gasteiger partial charge is 0.357 e. The van der Waals surface area contributed by atoms with Crippen LogP contribution in [0.25, 0.3) is 0 Å². The SMILES string of the molecule is CCNC(=NCC1CC(=O)Nc2ccccc21)NCCS(=O)(=O)CC.I. The first-order valence-electron chi connectivity index (χ1n) is 8.56. The molecule has 0 bridgehead atoms. The van der Waals surface area contributed by atoms with E-state index in [1.165, 1.54) is 0 Å². The van der Waals surface area contributed by atoms with E-state index in [0.717, 1.165) is 11.3 Å². The van der Waals surface area contributed by atoms with Crippen LogP contribution < -0.4 is 16.0 Å². The molecule has 1 unspecified atom stereocenters. The molecule has 0 fully saturated rings. The fourth-order valence-electron chi connectivity index (χ4n) is 2.68. The van der Waals surface area contributed by atoms with Crippen molar-refractivity contribution in [2.24, 2.45) is 4.99 Å². The lowest BCUT2D eigenvalue weighted by Gasteiger charge is -2.24. The molecule has 0 aliphatic carbocycles. The third kappa shape index (κ3) is 6.75. The number of nitrogens with one attached hydrogen (secondary N) is 3. The van der Waals surface area contributed by atoms with Gasteiger partial charge in [0, 0.05) is 36.9 Å². The molecule has 1 aromatic carbocycles. The molecule has 146 valence electrons. The van der Waals surface area contributed by atoms with Crippen LogP contribution in [-0.2, 0) is 14.6 Å². The second-order valence-corrected chi connectivity index (χ2v) is 8.39. The number of amides is 1. The topological polar surface area (TPSA) is 99.7 Å². The number of aliphatic imine (C=N–C) groups is 1. The smallest absolute Gasteiger partial charge is 0.225 e. The molecule has 7 nitrogen and oxygen atoms in total. The van der Waals surface area contributed by atoms with E-state index in [1.54, 1.807) is 6.92 Å². The van der Waals surface area contributed by atoms with Gasteiger partial charge in [-0.3, -0.25) is 9.79 Å². The number of benzene rings is 1. The second kappa shape index (κ2) is 10.7. The molecule has 0 aromatic heterocycles. The number of carbonyl (C=O) groups excluding carboxylic acids is 1. The number of hydrogen-bond acceptors (Lipinski definition) is 4. The van der Waals surface area contributed by atoms with Gasteiger partial charge in [-0.05, 0) is 18.6 Å². The van der Waals surface area contributed by atoms with E-state index >= 15 is 0 Å². The molecule has 1 amide bonds. The summed E-state index contributed by atoms with van der Waals surface area (Å²) in [5, 5.41) is 9.02. The van der Waals surface area contributed by atoms with E-state index < -0.39 is 9.84 Å². The van der Waals surface area contributed by atoms with Crippen LogP contribution in [0, 0.1) is 0 Å². The summed E-state index contributed by atoms with van der Waals surface area (Å²) in [6, 6.07) is 7.74. The highest BCUT2D eigenvalue weighted by molar-refractivity contribution is 14.0. The van der Waals surface area contributed by atoms with Crippen molar-refractivity contribution in [1.29, 1.82) is 0 Å². The number of rotatable bonds is 7. The number of nitrogens with zero attached hydrogens (tertiary/aromatic N) is 1. The minimum absolute atomic E-state index is 0. The van der Waals surface area contributed by atoms with Gasteiger partial charge in [-0.2, -0.15) is 0 Å². The van der Waals surface area contributed by atoms with Gasteiger partial charge in [0.2, 0.25) is 5.91 Å². The van der Waals surface area contributed by atoms with Crippen LogP contribution >= 0.6 is 24.0 Å². The third-order valence-corrected chi connectivity index (χ3v) is 5.77. The number of guanidine groups is 1. The monoisotopic (exact) mass is 494 g/mol. The highest BCUT2D eigenvalue weighted by atomic mass is 127. The quantitative estimate of drug-likeness (QED) is 0.305. The van der Waals surface area contributed by atoms with Gasteiger partial charge in [0.15, 0.2) is 15.8 Å². The Morgan fingerprint density at radius 2 is 2.00 bits per heavy atom. The number of para-hydroxylation sites is 1. The predicted octanol–water partition coefficient (Wildman–Crippen LogP) is 1.72. The van der Waals surface area contributed by atoms with Crippen molar-refractivity contribution < 1.29 is 13.2 Å². The first-order chi connectivity index (χ1) is 11.9. The maximum Gasteiger partial charge on any atom is 0.225 e. The molecule has 1 aliphatic heterocycles. The maximum absolute atomic E-state index is 11.9. The fourth-order valence-corrected chi connectivity index (χ4v) is 3.38. The molecule has 1 aromatic rings. The highest BCUT2D eigenvalue weighted by Crippen LogP contribution is 2.31. The van der Waals surface area contributed by atoms with Crippen LogP contribution in [0.4, 0.5) is 5.69 Å². The predicted molar refractivity (Wildman–Crippen MR) is 116 cm³/mol. The van der Waals surface area contributed by atoms with Gasteiger partial charge in [0.05, 0.1) is 12.3 Å². The summed E-state index contributed by atoms with van der Waals surface area (Å²) in [6.45, 7) is 5.03.